The first-order valence-corrected chi connectivity index (χ1v) is 7.36. The van der Waals surface area contributed by atoms with Gasteiger partial charge in [0, 0.05) is 17.1 Å². The number of hydrogen-bond donors (Lipinski definition) is 1. The van der Waals surface area contributed by atoms with E-state index in [9.17, 15) is 4.79 Å². The van der Waals surface area contributed by atoms with Gasteiger partial charge in [-0.3, -0.25) is 4.79 Å². The van der Waals surface area contributed by atoms with E-state index in [0.29, 0.717) is 10.6 Å². The fourth-order valence-corrected chi connectivity index (χ4v) is 2.46. The van der Waals surface area contributed by atoms with E-state index in [2.05, 4.69) is 15.9 Å². The summed E-state index contributed by atoms with van der Waals surface area (Å²) in [5.74, 6) is -0.0879. The van der Waals surface area contributed by atoms with Crippen molar-refractivity contribution in [3.05, 3.63) is 46.4 Å². The normalized spacial score (nSPS) is 12.2. The van der Waals surface area contributed by atoms with E-state index < -0.39 is 0 Å². The van der Waals surface area contributed by atoms with Gasteiger partial charge in [-0.25, -0.2) is 0 Å². The summed E-state index contributed by atoms with van der Waals surface area (Å²) < 4.78 is 1.02. The Kier molecular flexibility index (Phi) is 4.40. The van der Waals surface area contributed by atoms with Crippen LogP contribution in [0.15, 0.2) is 40.9 Å². The Morgan fingerprint density at radius 1 is 1.25 bits per heavy atom. The van der Waals surface area contributed by atoms with E-state index in [1.54, 1.807) is 11.9 Å². The summed E-state index contributed by atoms with van der Waals surface area (Å²) in [6, 6.07) is 11.3. The fourth-order valence-electron chi connectivity index (χ4n) is 1.92. The minimum atomic E-state index is -0.266. The highest BCUT2D eigenvalue weighted by Gasteiger charge is 2.19. The van der Waals surface area contributed by atoms with Gasteiger partial charge in [-0.2, -0.15) is 0 Å². The average molecular weight is 351 g/mol. The number of likely N-dealkylation sites (N-methyl/N-ethyl adjacent to an activating group) is 1. The van der Waals surface area contributed by atoms with Crippen molar-refractivity contribution < 1.29 is 4.79 Å². The summed E-state index contributed by atoms with van der Waals surface area (Å²) in [6.45, 7) is 1.82. The molecule has 0 aliphatic heterocycles. The molecule has 20 heavy (non-hydrogen) atoms. The van der Waals surface area contributed by atoms with Crippen LogP contribution in [0.1, 0.15) is 17.3 Å². The molecule has 3 nitrogen and oxygen atoms in total. The number of nitrogens with zero attached hydrogens (tertiary/aromatic N) is 1. The van der Waals surface area contributed by atoms with Crippen LogP contribution in [-0.2, 0) is 0 Å². The van der Waals surface area contributed by atoms with Crippen molar-refractivity contribution in [3.8, 4) is 0 Å². The Labute approximate surface area is 131 Å². The van der Waals surface area contributed by atoms with Gasteiger partial charge in [-0.05, 0) is 42.0 Å². The van der Waals surface area contributed by atoms with Crippen LogP contribution in [0.4, 0.5) is 0 Å². The first kappa shape index (κ1) is 14.9. The molecule has 0 fully saturated rings. The molecule has 2 N–H and O–H groups in total. The molecule has 5 heteroatoms. The highest BCUT2D eigenvalue weighted by molar-refractivity contribution is 9.10. The molecule has 0 aliphatic rings. The predicted molar refractivity (Wildman–Crippen MR) is 90.0 cm³/mol. The summed E-state index contributed by atoms with van der Waals surface area (Å²) in [4.78, 5) is 14.3. The van der Waals surface area contributed by atoms with E-state index in [4.69, 9.17) is 18.0 Å². The third-order valence-electron chi connectivity index (χ3n) is 3.36. The molecular weight excluding hydrogens is 336 g/mol. The molecule has 0 aromatic heterocycles. The summed E-state index contributed by atoms with van der Waals surface area (Å²) in [5.41, 5.74) is 6.22. The summed E-state index contributed by atoms with van der Waals surface area (Å²) in [7, 11) is 1.71. The lowest BCUT2D eigenvalue weighted by Gasteiger charge is -2.24. The van der Waals surface area contributed by atoms with Crippen molar-refractivity contribution in [3.63, 3.8) is 0 Å². The van der Waals surface area contributed by atoms with Crippen LogP contribution in [0.3, 0.4) is 0 Å². The molecule has 0 saturated carbocycles. The number of rotatable bonds is 3. The van der Waals surface area contributed by atoms with Gasteiger partial charge >= 0.3 is 0 Å². The van der Waals surface area contributed by atoms with Gasteiger partial charge in [-0.15, -0.1) is 0 Å². The molecule has 1 atom stereocenters. The number of benzene rings is 2. The van der Waals surface area contributed by atoms with Crippen LogP contribution in [-0.4, -0.2) is 28.9 Å². The second-order valence-electron chi connectivity index (χ2n) is 4.70. The van der Waals surface area contributed by atoms with Crippen LogP contribution in [0, 0.1) is 0 Å². The molecule has 0 radical (unpaired) electrons. The van der Waals surface area contributed by atoms with Crippen molar-refractivity contribution in [2.45, 2.75) is 13.0 Å². The Bertz CT molecular complexity index is 687. The predicted octanol–water partition coefficient (Wildman–Crippen LogP) is 3.35. The number of carbonyl (C=O) groups excluding carboxylic acids is 1. The van der Waals surface area contributed by atoms with Crippen LogP contribution < -0.4 is 5.73 Å². The summed E-state index contributed by atoms with van der Waals surface area (Å²) in [5, 5.41) is 2.11. The van der Waals surface area contributed by atoms with Gasteiger partial charge < -0.3 is 10.6 Å². The van der Waals surface area contributed by atoms with Crippen LogP contribution in [0.5, 0.6) is 0 Å². The van der Waals surface area contributed by atoms with Crippen LogP contribution in [0.2, 0.25) is 0 Å². The zero-order valence-corrected chi connectivity index (χ0v) is 13.7. The Morgan fingerprint density at radius 3 is 2.50 bits per heavy atom. The SMILES string of the molecule is CC(C(N)=S)N(C)C(=O)c1ccc2cc(Br)ccc2c1. The minimum Gasteiger partial charge on any atom is -0.392 e. The second kappa shape index (κ2) is 5.89. The van der Waals surface area contributed by atoms with Crippen molar-refractivity contribution in [1.29, 1.82) is 0 Å². The molecule has 0 spiro atoms. The van der Waals surface area contributed by atoms with E-state index in [0.717, 1.165) is 15.2 Å². The molecule has 2 aromatic rings. The Hall–Kier alpha value is -1.46. The highest BCUT2D eigenvalue weighted by atomic mass is 79.9. The molecule has 2 aromatic carbocycles. The lowest BCUT2D eigenvalue weighted by molar-refractivity contribution is 0.0779. The zero-order chi connectivity index (χ0) is 14.9. The Morgan fingerprint density at radius 2 is 1.85 bits per heavy atom. The van der Waals surface area contributed by atoms with E-state index in [-0.39, 0.29) is 11.9 Å². The monoisotopic (exact) mass is 350 g/mol. The number of halogens is 1. The summed E-state index contributed by atoms with van der Waals surface area (Å²) in [6.07, 6.45) is 0. The van der Waals surface area contributed by atoms with E-state index in [1.807, 2.05) is 43.3 Å². The van der Waals surface area contributed by atoms with Gasteiger partial charge in [0.25, 0.3) is 5.91 Å². The molecule has 104 valence electrons. The average Bonchev–Trinajstić information content (AvgIpc) is 2.44. The number of thiocarbonyl (C=S) groups is 1. The molecular formula is C15H15BrN2OS. The quantitative estimate of drug-likeness (QED) is 0.863. The topological polar surface area (TPSA) is 46.3 Å². The smallest absolute Gasteiger partial charge is 0.254 e. The first-order chi connectivity index (χ1) is 9.40. The number of hydrogen-bond acceptors (Lipinski definition) is 2. The number of amides is 1. The first-order valence-electron chi connectivity index (χ1n) is 6.16. The number of fused-ring (bicyclic) bond motifs is 1. The molecule has 0 heterocycles. The fraction of sp³-hybridized carbons (Fsp3) is 0.200. The lowest BCUT2D eigenvalue weighted by Crippen LogP contribution is -2.42. The zero-order valence-electron chi connectivity index (χ0n) is 11.3. The molecule has 1 unspecified atom stereocenters. The van der Waals surface area contributed by atoms with Gasteiger partial charge in [-0.1, -0.05) is 40.3 Å². The van der Waals surface area contributed by atoms with Gasteiger partial charge in [0.05, 0.1) is 11.0 Å². The van der Waals surface area contributed by atoms with Crippen molar-refractivity contribution in [2.75, 3.05) is 7.05 Å². The second-order valence-corrected chi connectivity index (χ2v) is 6.09. The van der Waals surface area contributed by atoms with Crippen molar-refractivity contribution in [2.24, 2.45) is 5.73 Å². The third kappa shape index (κ3) is 2.99. The lowest BCUT2D eigenvalue weighted by atomic mass is 10.1. The maximum Gasteiger partial charge on any atom is 0.254 e. The molecule has 2 rings (SSSR count). The van der Waals surface area contributed by atoms with E-state index >= 15 is 0 Å². The summed E-state index contributed by atoms with van der Waals surface area (Å²) >= 11 is 8.37. The van der Waals surface area contributed by atoms with Gasteiger partial charge in [0.15, 0.2) is 0 Å². The standard InChI is InChI=1S/C15H15BrN2OS/c1-9(14(17)20)18(2)15(19)12-4-3-11-8-13(16)6-5-10(11)7-12/h3-9H,1-2H3,(H2,17,20). The Balaban J connectivity index is 2.35. The maximum absolute atomic E-state index is 12.4. The van der Waals surface area contributed by atoms with Crippen LogP contribution >= 0.6 is 28.1 Å². The maximum atomic E-state index is 12.4. The van der Waals surface area contributed by atoms with Gasteiger partial charge in [0.1, 0.15) is 0 Å². The van der Waals surface area contributed by atoms with E-state index in [1.165, 1.54) is 0 Å². The van der Waals surface area contributed by atoms with Crippen LogP contribution in [0.25, 0.3) is 10.8 Å². The highest BCUT2D eigenvalue weighted by Crippen LogP contribution is 2.21. The number of carbonyl (C=O) groups is 1. The van der Waals surface area contributed by atoms with Crippen molar-refractivity contribution >= 4 is 49.8 Å². The van der Waals surface area contributed by atoms with Crippen molar-refractivity contribution in [1.82, 2.24) is 4.90 Å². The largest absolute Gasteiger partial charge is 0.392 e. The molecule has 0 bridgehead atoms. The van der Waals surface area contributed by atoms with Gasteiger partial charge in [0.2, 0.25) is 0 Å². The number of nitrogens with two attached hydrogens (primary N) is 1. The molecule has 0 saturated heterocycles. The molecule has 1 amide bonds. The molecule has 0 aliphatic carbocycles. The third-order valence-corrected chi connectivity index (χ3v) is 4.20. The minimum absolute atomic E-state index is 0.0879.